The Morgan fingerprint density at radius 3 is 2.35 bits per heavy atom. The Kier molecular flexibility index (Phi) is 4.07. The third-order valence-electron chi connectivity index (χ3n) is 5.80. The van der Waals surface area contributed by atoms with E-state index in [2.05, 4.69) is 24.1 Å². The highest BCUT2D eigenvalue weighted by molar-refractivity contribution is 5.91. The van der Waals surface area contributed by atoms with Gasteiger partial charge in [-0.05, 0) is 43.9 Å². The molecule has 0 bridgehead atoms. The second-order valence-corrected chi connectivity index (χ2v) is 7.28. The maximum absolute atomic E-state index is 12.6. The average Bonchev–Trinajstić information content (AvgIpc) is 3.20. The molecule has 0 radical (unpaired) electrons. The molecule has 1 saturated heterocycles. The second kappa shape index (κ2) is 5.67. The zero-order valence-electron chi connectivity index (χ0n) is 13.2. The van der Waals surface area contributed by atoms with E-state index in [9.17, 15) is 4.79 Å². The van der Waals surface area contributed by atoms with E-state index in [1.165, 1.54) is 32.1 Å². The van der Waals surface area contributed by atoms with Gasteiger partial charge < -0.3 is 4.90 Å². The molecule has 0 aromatic heterocycles. The van der Waals surface area contributed by atoms with Crippen LogP contribution in [0, 0.1) is 11.8 Å². The lowest BCUT2D eigenvalue weighted by atomic mass is 9.80. The van der Waals surface area contributed by atoms with E-state index in [0.717, 1.165) is 44.1 Å². The van der Waals surface area contributed by atoms with E-state index >= 15 is 0 Å². The van der Waals surface area contributed by atoms with Crippen molar-refractivity contribution in [1.82, 2.24) is 10.2 Å². The minimum atomic E-state index is -0.125. The Morgan fingerprint density at radius 1 is 1.15 bits per heavy atom. The molecular formula is C17H30N2O. The lowest BCUT2D eigenvalue weighted by Crippen LogP contribution is -2.41. The van der Waals surface area contributed by atoms with Gasteiger partial charge in [0.05, 0.1) is 11.7 Å². The highest BCUT2D eigenvalue weighted by Gasteiger charge is 2.58. The summed E-state index contributed by atoms with van der Waals surface area (Å²) in [6.07, 6.45) is 11.4. The van der Waals surface area contributed by atoms with Crippen molar-refractivity contribution in [2.75, 3.05) is 6.54 Å². The van der Waals surface area contributed by atoms with Crippen molar-refractivity contribution < 1.29 is 4.79 Å². The van der Waals surface area contributed by atoms with Crippen LogP contribution in [-0.4, -0.2) is 29.1 Å². The van der Waals surface area contributed by atoms with Crippen LogP contribution in [0.15, 0.2) is 0 Å². The molecule has 1 atom stereocenters. The number of carbonyl (C=O) groups is 1. The van der Waals surface area contributed by atoms with Crippen LogP contribution < -0.4 is 5.32 Å². The number of nitrogens with zero attached hydrogens (tertiary/aromatic N) is 1. The van der Waals surface area contributed by atoms with Gasteiger partial charge in [-0.15, -0.1) is 0 Å². The summed E-state index contributed by atoms with van der Waals surface area (Å²) in [6.45, 7) is 5.54. The maximum atomic E-state index is 12.6. The van der Waals surface area contributed by atoms with Gasteiger partial charge in [0.15, 0.2) is 0 Å². The largest absolute Gasteiger partial charge is 0.325 e. The molecule has 1 N–H and O–H groups in total. The topological polar surface area (TPSA) is 32.3 Å². The standard InChI is InChI=1S/C17H30N2O/c1-3-5-15-18-17(10-11-17)16(20)19(15)12-14-8-6-13(4-2)7-9-14/h13-15,18H,3-12H2,1-2H3. The first-order chi connectivity index (χ1) is 9.68. The molecule has 20 heavy (non-hydrogen) atoms. The molecule has 3 aliphatic rings. The summed E-state index contributed by atoms with van der Waals surface area (Å²) in [4.78, 5) is 14.8. The SMILES string of the molecule is CCCC1NC2(CC2)C(=O)N1CC1CCC(CC)CC1. The van der Waals surface area contributed by atoms with Gasteiger partial charge in [-0.1, -0.05) is 39.5 Å². The number of hydrogen-bond acceptors (Lipinski definition) is 2. The van der Waals surface area contributed by atoms with Crippen molar-refractivity contribution in [2.45, 2.75) is 83.3 Å². The number of nitrogens with one attached hydrogen (secondary N) is 1. The van der Waals surface area contributed by atoms with E-state index in [4.69, 9.17) is 0 Å². The summed E-state index contributed by atoms with van der Waals surface area (Å²) in [5.74, 6) is 2.10. The number of carbonyl (C=O) groups excluding carboxylic acids is 1. The summed E-state index contributed by atoms with van der Waals surface area (Å²) in [7, 11) is 0. The predicted molar refractivity (Wildman–Crippen MR) is 81.2 cm³/mol. The van der Waals surface area contributed by atoms with E-state index in [-0.39, 0.29) is 5.54 Å². The first kappa shape index (κ1) is 14.4. The molecule has 1 spiro atoms. The van der Waals surface area contributed by atoms with Crippen LogP contribution in [0.1, 0.15) is 71.6 Å². The van der Waals surface area contributed by atoms with Gasteiger partial charge in [-0.2, -0.15) is 0 Å². The van der Waals surface area contributed by atoms with Crippen LogP contribution in [-0.2, 0) is 4.79 Å². The number of rotatable bonds is 5. The zero-order valence-corrected chi connectivity index (χ0v) is 13.2. The molecule has 0 aromatic rings. The highest BCUT2D eigenvalue weighted by atomic mass is 16.2. The minimum Gasteiger partial charge on any atom is -0.325 e. The minimum absolute atomic E-state index is 0.125. The smallest absolute Gasteiger partial charge is 0.244 e. The van der Waals surface area contributed by atoms with Crippen LogP contribution in [0.2, 0.25) is 0 Å². The molecule has 114 valence electrons. The third-order valence-corrected chi connectivity index (χ3v) is 5.80. The molecule has 3 fully saturated rings. The molecule has 3 rings (SSSR count). The fraction of sp³-hybridized carbons (Fsp3) is 0.941. The van der Waals surface area contributed by atoms with Crippen molar-refractivity contribution in [3.63, 3.8) is 0 Å². The van der Waals surface area contributed by atoms with Crippen LogP contribution in [0.25, 0.3) is 0 Å². The van der Waals surface area contributed by atoms with Crippen molar-refractivity contribution in [3.8, 4) is 0 Å². The normalized spacial score (nSPS) is 35.8. The molecule has 1 aliphatic heterocycles. The molecule has 1 unspecified atom stereocenters. The van der Waals surface area contributed by atoms with Crippen molar-refractivity contribution in [2.24, 2.45) is 11.8 Å². The molecular weight excluding hydrogens is 248 g/mol. The van der Waals surface area contributed by atoms with Crippen LogP contribution in [0.3, 0.4) is 0 Å². The fourth-order valence-electron chi connectivity index (χ4n) is 4.17. The van der Waals surface area contributed by atoms with Crippen LogP contribution >= 0.6 is 0 Å². The van der Waals surface area contributed by atoms with Gasteiger partial charge in [0.2, 0.25) is 5.91 Å². The zero-order chi connectivity index (χ0) is 14.2. The van der Waals surface area contributed by atoms with E-state index in [1.807, 2.05) is 0 Å². The number of amides is 1. The first-order valence-corrected chi connectivity index (χ1v) is 8.77. The molecule has 1 amide bonds. The summed E-state index contributed by atoms with van der Waals surface area (Å²) in [5, 5.41) is 3.63. The van der Waals surface area contributed by atoms with Crippen molar-refractivity contribution >= 4 is 5.91 Å². The van der Waals surface area contributed by atoms with Crippen molar-refractivity contribution in [1.29, 1.82) is 0 Å². The Balaban J connectivity index is 1.59. The van der Waals surface area contributed by atoms with Gasteiger partial charge in [0.1, 0.15) is 0 Å². The average molecular weight is 278 g/mol. The molecule has 1 heterocycles. The van der Waals surface area contributed by atoms with Gasteiger partial charge in [-0.3, -0.25) is 10.1 Å². The van der Waals surface area contributed by atoms with Gasteiger partial charge >= 0.3 is 0 Å². The van der Waals surface area contributed by atoms with Gasteiger partial charge in [0.25, 0.3) is 0 Å². The lowest BCUT2D eigenvalue weighted by molar-refractivity contribution is -0.131. The van der Waals surface area contributed by atoms with E-state index < -0.39 is 0 Å². The highest BCUT2D eigenvalue weighted by Crippen LogP contribution is 2.43. The molecule has 2 aliphatic carbocycles. The maximum Gasteiger partial charge on any atom is 0.244 e. The monoisotopic (exact) mass is 278 g/mol. The quantitative estimate of drug-likeness (QED) is 0.837. The summed E-state index contributed by atoms with van der Waals surface area (Å²) < 4.78 is 0. The van der Waals surface area contributed by atoms with Gasteiger partial charge in [0, 0.05) is 6.54 Å². The molecule has 0 aromatic carbocycles. The summed E-state index contributed by atoms with van der Waals surface area (Å²) in [6, 6.07) is 0. The predicted octanol–water partition coefficient (Wildman–Crippen LogP) is 3.29. The summed E-state index contributed by atoms with van der Waals surface area (Å²) >= 11 is 0. The lowest BCUT2D eigenvalue weighted by Gasteiger charge is -2.33. The Morgan fingerprint density at radius 2 is 1.80 bits per heavy atom. The Hall–Kier alpha value is -0.570. The first-order valence-electron chi connectivity index (χ1n) is 8.77. The fourth-order valence-corrected chi connectivity index (χ4v) is 4.17. The Bertz CT molecular complexity index is 356. The second-order valence-electron chi connectivity index (χ2n) is 7.28. The Labute approximate surface area is 123 Å². The van der Waals surface area contributed by atoms with E-state index in [0.29, 0.717) is 12.1 Å². The molecule has 2 saturated carbocycles. The van der Waals surface area contributed by atoms with E-state index in [1.54, 1.807) is 0 Å². The van der Waals surface area contributed by atoms with Gasteiger partial charge in [-0.25, -0.2) is 0 Å². The summed E-state index contributed by atoms with van der Waals surface area (Å²) in [5.41, 5.74) is -0.125. The third kappa shape index (κ3) is 2.61. The number of hydrogen-bond donors (Lipinski definition) is 1. The molecule has 3 heteroatoms. The van der Waals surface area contributed by atoms with Crippen LogP contribution in [0.4, 0.5) is 0 Å². The van der Waals surface area contributed by atoms with Crippen LogP contribution in [0.5, 0.6) is 0 Å². The van der Waals surface area contributed by atoms with Crippen molar-refractivity contribution in [3.05, 3.63) is 0 Å². The molecule has 3 nitrogen and oxygen atoms in total.